The van der Waals surface area contributed by atoms with Crippen LogP contribution < -0.4 is 11.2 Å². The first kappa shape index (κ1) is 12.6. The molecule has 0 unspecified atom stereocenters. The van der Waals surface area contributed by atoms with Crippen molar-refractivity contribution < 1.29 is 9.94 Å². The molecule has 0 spiro atoms. The number of hydrogen-bond donors (Lipinski definition) is 3. The van der Waals surface area contributed by atoms with Gasteiger partial charge in [-0.25, -0.2) is 0 Å². The van der Waals surface area contributed by atoms with Crippen LogP contribution in [-0.2, 0) is 4.74 Å². The van der Waals surface area contributed by atoms with Gasteiger partial charge in [-0.2, -0.15) is 4.73 Å². The lowest BCUT2D eigenvalue weighted by molar-refractivity contribution is 0.171. The van der Waals surface area contributed by atoms with Crippen molar-refractivity contribution in [1.82, 2.24) is 4.73 Å². The first-order valence-corrected chi connectivity index (χ1v) is 5.42. The standard InChI is InChI=1S/C12H13N5O2/c1-19-11-7-10(8(13)6-9(11)14)15-16-12-4-2-3-5-17(12)18/h2-7,13,18H,14H2,1H3/b13-8?,15-10+,16-12+. The fraction of sp³-hybridized carbons (Fsp3) is 0.0833. The minimum atomic E-state index is 0.127. The van der Waals surface area contributed by atoms with Gasteiger partial charge in [-0.05, 0) is 18.2 Å². The number of rotatable bonds is 2. The Bertz CT molecular complexity index is 667. The Balaban J connectivity index is 2.41. The van der Waals surface area contributed by atoms with Crippen LogP contribution in [-0.4, -0.2) is 28.5 Å². The molecule has 0 atom stereocenters. The zero-order valence-electron chi connectivity index (χ0n) is 10.2. The zero-order chi connectivity index (χ0) is 13.8. The molecular formula is C12H13N5O2. The van der Waals surface area contributed by atoms with Crippen LogP contribution in [0.25, 0.3) is 0 Å². The van der Waals surface area contributed by atoms with E-state index in [2.05, 4.69) is 10.2 Å². The van der Waals surface area contributed by atoms with E-state index >= 15 is 0 Å². The fourth-order valence-corrected chi connectivity index (χ4v) is 1.46. The summed E-state index contributed by atoms with van der Waals surface area (Å²) < 4.78 is 5.89. The van der Waals surface area contributed by atoms with Gasteiger partial charge in [0.15, 0.2) is 5.49 Å². The van der Waals surface area contributed by atoms with Crippen molar-refractivity contribution in [3.05, 3.63) is 53.5 Å². The van der Waals surface area contributed by atoms with Crippen molar-refractivity contribution in [1.29, 1.82) is 5.41 Å². The maximum atomic E-state index is 9.47. The SMILES string of the molecule is COC1=C/C(=N\N=c2/ccccn2O)C(=N)C=C1N. The van der Waals surface area contributed by atoms with E-state index in [-0.39, 0.29) is 11.2 Å². The molecule has 7 heteroatoms. The molecule has 19 heavy (non-hydrogen) atoms. The molecule has 1 aliphatic rings. The second kappa shape index (κ2) is 5.21. The fourth-order valence-electron chi connectivity index (χ4n) is 1.46. The summed E-state index contributed by atoms with van der Waals surface area (Å²) in [7, 11) is 1.48. The summed E-state index contributed by atoms with van der Waals surface area (Å²) >= 11 is 0. The minimum absolute atomic E-state index is 0.127. The van der Waals surface area contributed by atoms with Crippen molar-refractivity contribution in [2.45, 2.75) is 0 Å². The average molecular weight is 259 g/mol. The molecule has 1 aromatic rings. The molecule has 1 heterocycles. The van der Waals surface area contributed by atoms with Crippen LogP contribution in [0.3, 0.4) is 0 Å². The molecular weight excluding hydrogens is 246 g/mol. The van der Waals surface area contributed by atoms with Gasteiger partial charge in [-0.15, -0.1) is 10.2 Å². The van der Waals surface area contributed by atoms with E-state index in [1.54, 1.807) is 18.2 Å². The zero-order valence-corrected chi connectivity index (χ0v) is 10.2. The lowest BCUT2D eigenvalue weighted by Crippen LogP contribution is -2.20. The van der Waals surface area contributed by atoms with E-state index in [1.165, 1.54) is 25.5 Å². The number of nitrogens with two attached hydrogens (primary N) is 1. The Labute approximate surface area is 109 Å². The predicted octanol–water partition coefficient (Wildman–Crippen LogP) is 0.388. The van der Waals surface area contributed by atoms with E-state index in [0.717, 1.165) is 4.73 Å². The smallest absolute Gasteiger partial charge is 0.189 e. The van der Waals surface area contributed by atoms with E-state index < -0.39 is 0 Å². The van der Waals surface area contributed by atoms with Crippen LogP contribution in [0.4, 0.5) is 0 Å². The Kier molecular flexibility index (Phi) is 3.46. The maximum absolute atomic E-state index is 9.47. The first-order valence-electron chi connectivity index (χ1n) is 5.42. The molecule has 0 amide bonds. The lowest BCUT2D eigenvalue weighted by Gasteiger charge is -2.12. The van der Waals surface area contributed by atoms with Gasteiger partial charge >= 0.3 is 0 Å². The highest BCUT2D eigenvalue weighted by atomic mass is 16.5. The maximum Gasteiger partial charge on any atom is 0.189 e. The Hall–Kier alpha value is -2.83. The van der Waals surface area contributed by atoms with Gasteiger partial charge in [0.05, 0.1) is 18.5 Å². The third kappa shape index (κ3) is 2.71. The van der Waals surface area contributed by atoms with Crippen molar-refractivity contribution in [3.63, 3.8) is 0 Å². The van der Waals surface area contributed by atoms with Gasteiger partial charge in [0.2, 0.25) is 0 Å². The Morgan fingerprint density at radius 2 is 2.11 bits per heavy atom. The molecule has 4 N–H and O–H groups in total. The van der Waals surface area contributed by atoms with Crippen molar-refractivity contribution in [2.24, 2.45) is 15.9 Å². The van der Waals surface area contributed by atoms with Crippen LogP contribution in [0.15, 0.2) is 58.2 Å². The molecule has 0 bridgehead atoms. The molecule has 2 rings (SSSR count). The highest BCUT2D eigenvalue weighted by molar-refractivity contribution is 6.50. The van der Waals surface area contributed by atoms with Crippen molar-refractivity contribution in [2.75, 3.05) is 7.11 Å². The van der Waals surface area contributed by atoms with Gasteiger partial charge in [0, 0.05) is 12.3 Å². The molecule has 98 valence electrons. The molecule has 0 saturated carbocycles. The summed E-state index contributed by atoms with van der Waals surface area (Å²) in [6.45, 7) is 0. The molecule has 0 radical (unpaired) electrons. The van der Waals surface area contributed by atoms with E-state index in [0.29, 0.717) is 17.2 Å². The number of nitrogens with one attached hydrogen (secondary N) is 1. The molecule has 0 saturated heterocycles. The number of aromatic nitrogens is 1. The number of allylic oxidation sites excluding steroid dienone is 2. The molecule has 7 nitrogen and oxygen atoms in total. The van der Waals surface area contributed by atoms with Gasteiger partial charge < -0.3 is 15.7 Å². The molecule has 1 aromatic heterocycles. The predicted molar refractivity (Wildman–Crippen MR) is 69.7 cm³/mol. The Morgan fingerprint density at radius 3 is 2.79 bits per heavy atom. The number of methoxy groups -OCH3 is 1. The van der Waals surface area contributed by atoms with Gasteiger partial charge in [0.25, 0.3) is 0 Å². The summed E-state index contributed by atoms with van der Waals surface area (Å²) in [5.74, 6) is 0.426. The summed E-state index contributed by atoms with van der Waals surface area (Å²) in [6.07, 6.45) is 4.39. The van der Waals surface area contributed by atoms with Crippen LogP contribution in [0.1, 0.15) is 0 Å². The number of ether oxygens (including phenoxy) is 1. The van der Waals surface area contributed by atoms with Gasteiger partial charge in [0.1, 0.15) is 11.5 Å². The van der Waals surface area contributed by atoms with Crippen LogP contribution in [0.5, 0.6) is 0 Å². The van der Waals surface area contributed by atoms with E-state index in [9.17, 15) is 5.21 Å². The normalized spacial score (nSPS) is 18.3. The van der Waals surface area contributed by atoms with E-state index in [1.807, 2.05) is 0 Å². The van der Waals surface area contributed by atoms with Gasteiger partial charge in [-0.3, -0.25) is 5.41 Å². The van der Waals surface area contributed by atoms with E-state index in [4.69, 9.17) is 15.9 Å². The average Bonchev–Trinajstić information content (AvgIpc) is 2.39. The highest BCUT2D eigenvalue weighted by Crippen LogP contribution is 2.11. The summed E-state index contributed by atoms with van der Waals surface area (Å²) in [6, 6.07) is 4.95. The number of nitrogens with zero attached hydrogens (tertiary/aromatic N) is 3. The largest absolute Gasteiger partial charge is 0.495 e. The topological polar surface area (TPSA) is 109 Å². The molecule has 1 aliphatic carbocycles. The Morgan fingerprint density at radius 1 is 1.32 bits per heavy atom. The summed E-state index contributed by atoms with van der Waals surface area (Å²) in [5.41, 5.74) is 6.71. The second-order valence-electron chi connectivity index (χ2n) is 3.71. The van der Waals surface area contributed by atoms with Crippen LogP contribution in [0.2, 0.25) is 0 Å². The third-order valence-electron chi connectivity index (χ3n) is 2.43. The second-order valence-corrected chi connectivity index (χ2v) is 3.71. The van der Waals surface area contributed by atoms with Crippen LogP contribution >= 0.6 is 0 Å². The third-order valence-corrected chi connectivity index (χ3v) is 2.43. The van der Waals surface area contributed by atoms with Crippen molar-refractivity contribution in [3.8, 4) is 0 Å². The first-order chi connectivity index (χ1) is 9.11. The lowest BCUT2D eigenvalue weighted by atomic mass is 10.1. The number of pyridine rings is 1. The molecule has 0 aliphatic heterocycles. The molecule has 0 fully saturated rings. The summed E-state index contributed by atoms with van der Waals surface area (Å²) in [5, 5.41) is 25.0. The minimum Gasteiger partial charge on any atom is -0.495 e. The summed E-state index contributed by atoms with van der Waals surface area (Å²) in [4.78, 5) is 0. The number of hydrogen-bond acceptors (Lipinski definition) is 6. The quantitative estimate of drug-likeness (QED) is 0.406. The van der Waals surface area contributed by atoms with Crippen LogP contribution in [0, 0.1) is 5.41 Å². The van der Waals surface area contributed by atoms with Crippen molar-refractivity contribution >= 4 is 11.4 Å². The monoisotopic (exact) mass is 259 g/mol. The molecule has 0 aromatic carbocycles. The highest BCUT2D eigenvalue weighted by Gasteiger charge is 2.14. The van der Waals surface area contributed by atoms with Gasteiger partial charge in [-0.1, -0.05) is 6.07 Å².